The summed E-state index contributed by atoms with van der Waals surface area (Å²) in [5.74, 6) is 1.44. The number of halogens is 1. The molecule has 0 saturated carbocycles. The van der Waals surface area contributed by atoms with Gasteiger partial charge in [-0.1, -0.05) is 6.92 Å². The maximum atomic E-state index is 6.07. The van der Waals surface area contributed by atoms with E-state index in [0.29, 0.717) is 12.0 Å². The van der Waals surface area contributed by atoms with Gasteiger partial charge in [0.05, 0.1) is 0 Å². The van der Waals surface area contributed by atoms with Crippen LogP contribution in [0.1, 0.15) is 12.5 Å². The molecular formula is C15H27ClN6. The molecule has 2 unspecified atom stereocenters. The van der Waals surface area contributed by atoms with Crippen LogP contribution in [0.5, 0.6) is 0 Å². The van der Waals surface area contributed by atoms with Gasteiger partial charge in [-0.25, -0.2) is 9.97 Å². The zero-order chi connectivity index (χ0) is 14.8. The van der Waals surface area contributed by atoms with Crippen molar-refractivity contribution in [2.75, 3.05) is 51.2 Å². The molecular weight excluding hydrogens is 300 g/mol. The van der Waals surface area contributed by atoms with E-state index in [1.807, 2.05) is 12.4 Å². The lowest BCUT2D eigenvalue weighted by Crippen LogP contribution is -2.45. The van der Waals surface area contributed by atoms with Crippen LogP contribution in [0.4, 0.5) is 5.95 Å². The van der Waals surface area contributed by atoms with Gasteiger partial charge >= 0.3 is 0 Å². The fourth-order valence-electron chi connectivity index (χ4n) is 3.08. The van der Waals surface area contributed by atoms with E-state index in [-0.39, 0.29) is 12.4 Å². The number of piperazine rings is 1. The largest absolute Gasteiger partial charge is 0.338 e. The monoisotopic (exact) mass is 326 g/mol. The third kappa shape index (κ3) is 4.07. The van der Waals surface area contributed by atoms with Crippen molar-refractivity contribution in [2.45, 2.75) is 19.5 Å². The molecule has 6 nitrogen and oxygen atoms in total. The van der Waals surface area contributed by atoms with E-state index in [2.05, 4.69) is 38.6 Å². The number of likely N-dealkylation sites (tertiary alicyclic amines) is 1. The van der Waals surface area contributed by atoms with E-state index in [4.69, 9.17) is 5.73 Å². The highest BCUT2D eigenvalue weighted by Gasteiger charge is 2.26. The molecule has 2 saturated heterocycles. The molecule has 1 aromatic rings. The van der Waals surface area contributed by atoms with Gasteiger partial charge in [-0.3, -0.25) is 4.90 Å². The quantitative estimate of drug-likeness (QED) is 0.869. The Hall–Kier alpha value is -0.950. The van der Waals surface area contributed by atoms with Gasteiger partial charge in [0, 0.05) is 69.8 Å². The standard InChI is InChI=1S/C15H26N6.ClH/c1-12-9-20(11-14(12)16)10-13-7-17-15(18-8-13)21-5-3-19(2)4-6-21;/h7-8,12,14H,3-6,9-11,16H2,1-2H3;1H. The Balaban J connectivity index is 0.00000176. The molecule has 2 fully saturated rings. The Labute approximate surface area is 139 Å². The second-order valence-electron chi connectivity index (χ2n) is 6.52. The molecule has 2 aliphatic heterocycles. The van der Waals surface area contributed by atoms with Crippen LogP contribution in [-0.2, 0) is 6.54 Å². The number of hydrogen-bond acceptors (Lipinski definition) is 6. The lowest BCUT2D eigenvalue weighted by Gasteiger charge is -2.32. The fourth-order valence-corrected chi connectivity index (χ4v) is 3.08. The van der Waals surface area contributed by atoms with Crippen molar-refractivity contribution >= 4 is 18.4 Å². The van der Waals surface area contributed by atoms with Crippen LogP contribution in [0.2, 0.25) is 0 Å². The van der Waals surface area contributed by atoms with Crippen molar-refractivity contribution in [3.63, 3.8) is 0 Å². The second kappa shape index (κ2) is 7.55. The highest BCUT2D eigenvalue weighted by atomic mass is 35.5. The predicted molar refractivity (Wildman–Crippen MR) is 91.4 cm³/mol. The first-order chi connectivity index (χ1) is 10.1. The van der Waals surface area contributed by atoms with Gasteiger partial charge in [0.25, 0.3) is 0 Å². The zero-order valence-electron chi connectivity index (χ0n) is 13.5. The molecule has 1 aromatic heterocycles. The Morgan fingerprint density at radius 3 is 2.32 bits per heavy atom. The van der Waals surface area contributed by atoms with E-state index in [1.165, 1.54) is 5.56 Å². The minimum Gasteiger partial charge on any atom is -0.338 e. The van der Waals surface area contributed by atoms with Gasteiger partial charge in [-0.15, -0.1) is 12.4 Å². The number of anilines is 1. The maximum absolute atomic E-state index is 6.07. The molecule has 7 heteroatoms. The molecule has 0 bridgehead atoms. The summed E-state index contributed by atoms with van der Waals surface area (Å²) in [7, 11) is 2.16. The van der Waals surface area contributed by atoms with Crippen molar-refractivity contribution in [1.29, 1.82) is 0 Å². The van der Waals surface area contributed by atoms with Crippen LogP contribution in [-0.4, -0.2) is 72.1 Å². The molecule has 3 heterocycles. The maximum Gasteiger partial charge on any atom is 0.225 e. The van der Waals surface area contributed by atoms with Gasteiger partial charge < -0.3 is 15.5 Å². The van der Waals surface area contributed by atoms with Crippen molar-refractivity contribution in [2.24, 2.45) is 11.7 Å². The third-order valence-corrected chi connectivity index (χ3v) is 4.63. The van der Waals surface area contributed by atoms with Crippen molar-refractivity contribution < 1.29 is 0 Å². The van der Waals surface area contributed by atoms with Gasteiger partial charge in [0.2, 0.25) is 5.95 Å². The number of nitrogens with zero attached hydrogens (tertiary/aromatic N) is 5. The van der Waals surface area contributed by atoms with E-state index < -0.39 is 0 Å². The Bertz CT molecular complexity index is 450. The summed E-state index contributed by atoms with van der Waals surface area (Å²) < 4.78 is 0. The van der Waals surface area contributed by atoms with Crippen LogP contribution in [0, 0.1) is 5.92 Å². The van der Waals surface area contributed by atoms with Crippen LogP contribution < -0.4 is 10.6 Å². The molecule has 2 N–H and O–H groups in total. The van der Waals surface area contributed by atoms with Crippen molar-refractivity contribution in [3.8, 4) is 0 Å². The average Bonchev–Trinajstić information content (AvgIpc) is 2.79. The number of nitrogens with two attached hydrogens (primary N) is 1. The first-order valence-corrected chi connectivity index (χ1v) is 7.84. The molecule has 0 aliphatic carbocycles. The fraction of sp³-hybridized carbons (Fsp3) is 0.733. The number of aromatic nitrogens is 2. The summed E-state index contributed by atoms with van der Waals surface area (Å²) in [6.07, 6.45) is 3.93. The summed E-state index contributed by atoms with van der Waals surface area (Å²) in [6, 6.07) is 0.301. The summed E-state index contributed by atoms with van der Waals surface area (Å²) in [4.78, 5) is 16.1. The normalized spacial score (nSPS) is 27.0. The van der Waals surface area contributed by atoms with E-state index in [1.54, 1.807) is 0 Å². The minimum absolute atomic E-state index is 0. The minimum atomic E-state index is 0. The summed E-state index contributed by atoms with van der Waals surface area (Å²) in [6.45, 7) is 9.34. The third-order valence-electron chi connectivity index (χ3n) is 4.63. The molecule has 0 spiro atoms. The number of hydrogen-bond donors (Lipinski definition) is 1. The van der Waals surface area contributed by atoms with Crippen LogP contribution in [0.3, 0.4) is 0 Å². The number of rotatable bonds is 3. The first-order valence-electron chi connectivity index (χ1n) is 7.84. The summed E-state index contributed by atoms with van der Waals surface area (Å²) in [5, 5.41) is 0. The number of likely N-dealkylation sites (N-methyl/N-ethyl adjacent to an activating group) is 1. The van der Waals surface area contributed by atoms with Crippen LogP contribution in [0.25, 0.3) is 0 Å². The smallest absolute Gasteiger partial charge is 0.225 e. The van der Waals surface area contributed by atoms with E-state index in [0.717, 1.165) is 51.8 Å². The SMILES string of the molecule is CC1CN(Cc2cnc(N3CCN(C)CC3)nc2)CC1N.Cl. The van der Waals surface area contributed by atoms with Crippen LogP contribution >= 0.6 is 12.4 Å². The lowest BCUT2D eigenvalue weighted by molar-refractivity contribution is 0.310. The van der Waals surface area contributed by atoms with Crippen molar-refractivity contribution in [1.82, 2.24) is 19.8 Å². The van der Waals surface area contributed by atoms with Gasteiger partial charge in [-0.05, 0) is 13.0 Å². The lowest BCUT2D eigenvalue weighted by atomic mass is 10.1. The summed E-state index contributed by atoms with van der Waals surface area (Å²) in [5.41, 5.74) is 7.25. The average molecular weight is 327 g/mol. The van der Waals surface area contributed by atoms with E-state index in [9.17, 15) is 0 Å². The first kappa shape index (κ1) is 17.4. The second-order valence-corrected chi connectivity index (χ2v) is 6.52. The molecule has 2 aliphatic rings. The molecule has 2 atom stereocenters. The molecule has 3 rings (SSSR count). The Morgan fingerprint density at radius 2 is 1.77 bits per heavy atom. The van der Waals surface area contributed by atoms with E-state index >= 15 is 0 Å². The summed E-state index contributed by atoms with van der Waals surface area (Å²) >= 11 is 0. The van der Waals surface area contributed by atoms with Crippen molar-refractivity contribution in [3.05, 3.63) is 18.0 Å². The highest BCUT2D eigenvalue weighted by molar-refractivity contribution is 5.85. The highest BCUT2D eigenvalue weighted by Crippen LogP contribution is 2.17. The molecule has 22 heavy (non-hydrogen) atoms. The van der Waals surface area contributed by atoms with Gasteiger partial charge in [0.1, 0.15) is 0 Å². The molecule has 0 aromatic carbocycles. The predicted octanol–water partition coefficient (Wildman–Crippen LogP) is 0.429. The van der Waals surface area contributed by atoms with Crippen LogP contribution in [0.15, 0.2) is 12.4 Å². The Morgan fingerprint density at radius 1 is 1.14 bits per heavy atom. The Kier molecular flexibility index (Phi) is 5.97. The van der Waals surface area contributed by atoms with Gasteiger partial charge in [0.15, 0.2) is 0 Å². The molecule has 124 valence electrons. The zero-order valence-corrected chi connectivity index (χ0v) is 14.3. The van der Waals surface area contributed by atoms with Gasteiger partial charge in [-0.2, -0.15) is 0 Å². The molecule has 0 radical (unpaired) electrons. The molecule has 0 amide bonds. The topological polar surface area (TPSA) is 61.5 Å².